The van der Waals surface area contributed by atoms with Crippen molar-refractivity contribution in [1.82, 2.24) is 9.71 Å². The first kappa shape index (κ1) is 17.6. The molecule has 0 saturated carbocycles. The van der Waals surface area contributed by atoms with Crippen LogP contribution >= 0.6 is 0 Å². The highest BCUT2D eigenvalue weighted by Gasteiger charge is 2.14. The van der Waals surface area contributed by atoms with Crippen molar-refractivity contribution in [3.63, 3.8) is 0 Å². The molecule has 1 aromatic heterocycles. The third-order valence-corrected chi connectivity index (χ3v) is 4.64. The van der Waals surface area contributed by atoms with Crippen molar-refractivity contribution in [2.75, 3.05) is 24.7 Å². The molecule has 24 heavy (non-hydrogen) atoms. The second-order valence-corrected chi connectivity index (χ2v) is 6.65. The highest BCUT2D eigenvalue weighted by Crippen LogP contribution is 2.25. The summed E-state index contributed by atoms with van der Waals surface area (Å²) in [6.45, 7) is 0. The summed E-state index contributed by atoms with van der Waals surface area (Å²) in [5.41, 5.74) is 1.81. The Hall–Kier alpha value is -2.71. The first-order valence-corrected chi connectivity index (χ1v) is 8.59. The first-order chi connectivity index (χ1) is 11.5. The van der Waals surface area contributed by atoms with Gasteiger partial charge in [-0.3, -0.25) is 9.78 Å². The van der Waals surface area contributed by atoms with Gasteiger partial charge < -0.3 is 10.6 Å². The van der Waals surface area contributed by atoms with Gasteiger partial charge in [0, 0.05) is 25.5 Å². The van der Waals surface area contributed by atoms with Crippen molar-refractivity contribution in [3.8, 4) is 0 Å². The molecular weight excluding hydrogens is 328 g/mol. The van der Waals surface area contributed by atoms with E-state index in [1.807, 2.05) is 0 Å². The smallest absolute Gasteiger partial charge is 0.248 e. The van der Waals surface area contributed by atoms with Crippen LogP contribution in [0.3, 0.4) is 0 Å². The lowest BCUT2D eigenvalue weighted by molar-refractivity contribution is -0.111. The van der Waals surface area contributed by atoms with Gasteiger partial charge in [0.15, 0.2) is 0 Å². The van der Waals surface area contributed by atoms with Gasteiger partial charge in [0.1, 0.15) is 0 Å². The Morgan fingerprint density at radius 3 is 2.42 bits per heavy atom. The van der Waals surface area contributed by atoms with Gasteiger partial charge in [-0.15, -0.1) is 0 Å². The zero-order chi connectivity index (χ0) is 17.6. The zero-order valence-corrected chi connectivity index (χ0v) is 14.1. The van der Waals surface area contributed by atoms with E-state index in [9.17, 15) is 13.2 Å². The van der Waals surface area contributed by atoms with Gasteiger partial charge >= 0.3 is 0 Å². The predicted octanol–water partition coefficient (Wildman–Crippen LogP) is 1.68. The maximum atomic E-state index is 12.1. The van der Waals surface area contributed by atoms with E-state index in [2.05, 4.69) is 20.3 Å². The largest absolute Gasteiger partial charge is 0.386 e. The molecule has 0 radical (unpaired) electrons. The van der Waals surface area contributed by atoms with Gasteiger partial charge in [0.2, 0.25) is 15.9 Å². The third-order valence-electron chi connectivity index (χ3n) is 3.23. The molecule has 0 aliphatic carbocycles. The summed E-state index contributed by atoms with van der Waals surface area (Å²) in [5.74, 6) is -0.373. The number of anilines is 2. The van der Waals surface area contributed by atoms with Crippen molar-refractivity contribution >= 4 is 33.4 Å². The summed E-state index contributed by atoms with van der Waals surface area (Å²) in [5, 5.41) is 5.58. The molecule has 0 aliphatic heterocycles. The highest BCUT2D eigenvalue weighted by atomic mass is 32.2. The van der Waals surface area contributed by atoms with Crippen LogP contribution in [0.2, 0.25) is 0 Å². The summed E-state index contributed by atoms with van der Waals surface area (Å²) in [4.78, 5) is 16.0. The summed E-state index contributed by atoms with van der Waals surface area (Å²) in [7, 11) is -0.576. The highest BCUT2D eigenvalue weighted by molar-refractivity contribution is 7.89. The van der Waals surface area contributed by atoms with Crippen molar-refractivity contribution in [2.45, 2.75) is 4.90 Å². The molecule has 3 N–H and O–H groups in total. The second kappa shape index (κ2) is 7.71. The van der Waals surface area contributed by atoms with Gasteiger partial charge in [-0.05, 0) is 49.0 Å². The summed E-state index contributed by atoms with van der Waals surface area (Å²) in [6, 6.07) is 7.98. The standard InChI is InChI=1S/C16H18N4O3S/c1-17-14-5-4-13(24(22,23)18-2)11-15(14)20-16(21)6-3-12-7-9-19-10-8-12/h3-11,17-18H,1-2H3,(H,20,21)/b6-3+. The van der Waals surface area contributed by atoms with Gasteiger partial charge in [-0.25, -0.2) is 13.1 Å². The lowest BCUT2D eigenvalue weighted by Gasteiger charge is -2.12. The Morgan fingerprint density at radius 2 is 1.79 bits per heavy atom. The van der Waals surface area contributed by atoms with E-state index in [1.54, 1.807) is 43.7 Å². The molecule has 1 aromatic carbocycles. The van der Waals surface area contributed by atoms with Gasteiger partial charge in [0.05, 0.1) is 16.3 Å². The normalized spacial score (nSPS) is 11.4. The predicted molar refractivity (Wildman–Crippen MR) is 94.1 cm³/mol. The minimum Gasteiger partial charge on any atom is -0.386 e. The van der Waals surface area contributed by atoms with Crippen LogP contribution in [0.5, 0.6) is 0 Å². The number of rotatable bonds is 6. The van der Waals surface area contributed by atoms with E-state index in [4.69, 9.17) is 0 Å². The molecule has 126 valence electrons. The van der Waals surface area contributed by atoms with Crippen molar-refractivity contribution in [1.29, 1.82) is 0 Å². The van der Waals surface area contributed by atoms with E-state index >= 15 is 0 Å². The van der Waals surface area contributed by atoms with Crippen LogP contribution in [-0.2, 0) is 14.8 Å². The Bertz CT molecular complexity index is 849. The number of benzene rings is 1. The molecule has 2 rings (SSSR count). The monoisotopic (exact) mass is 346 g/mol. The quantitative estimate of drug-likeness (QED) is 0.691. The Balaban J connectivity index is 2.23. The molecule has 7 nitrogen and oxygen atoms in total. The molecule has 0 atom stereocenters. The minimum atomic E-state index is -3.59. The Kier molecular flexibility index (Phi) is 5.67. The molecule has 0 spiro atoms. The number of carbonyl (C=O) groups excluding carboxylic acids is 1. The SMILES string of the molecule is CNc1ccc(S(=O)(=O)NC)cc1NC(=O)/C=C/c1ccncc1. The number of pyridine rings is 1. The van der Waals surface area contributed by atoms with Crippen LogP contribution in [0.4, 0.5) is 11.4 Å². The maximum absolute atomic E-state index is 12.1. The van der Waals surface area contributed by atoms with Crippen molar-refractivity contribution in [3.05, 3.63) is 54.4 Å². The number of carbonyl (C=O) groups is 1. The number of amides is 1. The van der Waals surface area contributed by atoms with E-state index < -0.39 is 10.0 Å². The van der Waals surface area contributed by atoms with Gasteiger partial charge in [0.25, 0.3) is 0 Å². The van der Waals surface area contributed by atoms with Crippen LogP contribution in [-0.4, -0.2) is 33.4 Å². The van der Waals surface area contributed by atoms with Crippen LogP contribution < -0.4 is 15.4 Å². The molecule has 2 aromatic rings. The topological polar surface area (TPSA) is 100 Å². The van der Waals surface area contributed by atoms with Gasteiger partial charge in [-0.1, -0.05) is 0 Å². The fraction of sp³-hybridized carbons (Fsp3) is 0.125. The van der Waals surface area contributed by atoms with Crippen LogP contribution in [0.1, 0.15) is 5.56 Å². The minimum absolute atomic E-state index is 0.0670. The molecule has 0 aliphatic rings. The Labute approximate surface area is 140 Å². The van der Waals surface area contributed by atoms with E-state index in [1.165, 1.54) is 25.3 Å². The van der Waals surface area contributed by atoms with Crippen LogP contribution in [0.25, 0.3) is 6.08 Å². The second-order valence-electron chi connectivity index (χ2n) is 4.77. The zero-order valence-electron chi connectivity index (χ0n) is 13.3. The number of hydrogen-bond acceptors (Lipinski definition) is 5. The molecule has 1 heterocycles. The summed E-state index contributed by atoms with van der Waals surface area (Å²) in [6.07, 6.45) is 6.27. The maximum Gasteiger partial charge on any atom is 0.248 e. The van der Waals surface area contributed by atoms with Crippen molar-refractivity contribution in [2.24, 2.45) is 0 Å². The molecule has 0 fully saturated rings. The first-order valence-electron chi connectivity index (χ1n) is 7.10. The fourth-order valence-corrected chi connectivity index (χ4v) is 2.71. The average molecular weight is 346 g/mol. The Morgan fingerprint density at radius 1 is 1.08 bits per heavy atom. The molecule has 0 saturated heterocycles. The van der Waals surface area contributed by atoms with Crippen LogP contribution in [0.15, 0.2) is 53.7 Å². The average Bonchev–Trinajstić information content (AvgIpc) is 2.60. The fourth-order valence-electron chi connectivity index (χ4n) is 1.95. The third kappa shape index (κ3) is 4.40. The number of nitrogens with one attached hydrogen (secondary N) is 3. The van der Waals surface area contributed by atoms with Crippen LogP contribution in [0, 0.1) is 0 Å². The molecule has 1 amide bonds. The number of hydrogen-bond donors (Lipinski definition) is 3. The van der Waals surface area contributed by atoms with E-state index in [-0.39, 0.29) is 10.8 Å². The van der Waals surface area contributed by atoms with Gasteiger partial charge in [-0.2, -0.15) is 0 Å². The van der Waals surface area contributed by atoms with Crippen molar-refractivity contribution < 1.29 is 13.2 Å². The summed E-state index contributed by atoms with van der Waals surface area (Å²) >= 11 is 0. The summed E-state index contributed by atoms with van der Waals surface area (Å²) < 4.78 is 26.0. The number of aromatic nitrogens is 1. The molecule has 8 heteroatoms. The lowest BCUT2D eigenvalue weighted by Crippen LogP contribution is -2.19. The molecular formula is C16H18N4O3S. The van der Waals surface area contributed by atoms with E-state index in [0.717, 1.165) is 5.56 Å². The van der Waals surface area contributed by atoms with E-state index in [0.29, 0.717) is 11.4 Å². The number of sulfonamides is 1. The lowest BCUT2D eigenvalue weighted by atomic mass is 10.2. The number of nitrogens with zero attached hydrogens (tertiary/aromatic N) is 1. The molecule has 0 bridgehead atoms. The molecule has 0 unspecified atom stereocenters.